The van der Waals surface area contributed by atoms with Crippen LogP contribution in [0.25, 0.3) is 0 Å². The van der Waals surface area contributed by atoms with Crippen LogP contribution in [0.15, 0.2) is 0 Å². The van der Waals surface area contributed by atoms with Gasteiger partial charge in [-0.05, 0) is 37.5 Å². The van der Waals surface area contributed by atoms with Gasteiger partial charge in [-0.15, -0.1) is 0 Å². The molecule has 19 heteroatoms. The maximum atomic E-state index is 13.2. The van der Waals surface area contributed by atoms with E-state index in [9.17, 15) is 43.2 Å². The Bertz CT molecular complexity index is 2070. The van der Waals surface area contributed by atoms with Gasteiger partial charge in [0.25, 0.3) is 0 Å². The molecule has 0 aliphatic rings. The van der Waals surface area contributed by atoms with Crippen LogP contribution in [0.1, 0.15) is 478 Å². The third-order valence-electron chi connectivity index (χ3n) is 21.7. The maximum Gasteiger partial charge on any atom is 0.472 e. The number of hydrogen-bond donors (Lipinski definition) is 3. The number of esters is 4. The van der Waals surface area contributed by atoms with Gasteiger partial charge in [0.2, 0.25) is 0 Å². The monoisotopic (exact) mass is 1580 g/mol. The van der Waals surface area contributed by atoms with E-state index in [1.807, 2.05) is 0 Å². The molecule has 17 nitrogen and oxygen atoms in total. The third-order valence-corrected chi connectivity index (χ3v) is 23.6. The minimum atomic E-state index is -4.97. The molecular weight excluding hydrogens is 1400 g/mol. The number of rotatable bonds is 88. The number of phosphoric ester groups is 2. The summed E-state index contributed by atoms with van der Waals surface area (Å²) in [4.78, 5) is 73.3. The molecule has 0 saturated heterocycles. The SMILES string of the molecule is CCCCCCCCCCCCCCCCCCCCC(=O)OC[C@H](COP(=O)(O)OC[C@@H](O)COP(=O)(O)OC[C@@H](COC(=O)CCCCCCCCC(C)CC)OC(=O)CCCCCCCCCCCCCCCCCCCC)OC(=O)CCCCCCCCCCCCCCCCCCCCC(C)CC. The molecule has 0 aromatic heterocycles. The predicted octanol–water partition coefficient (Wildman–Crippen LogP) is 27.4. The molecule has 0 bridgehead atoms. The van der Waals surface area contributed by atoms with Gasteiger partial charge < -0.3 is 33.8 Å². The van der Waals surface area contributed by atoms with Crippen molar-refractivity contribution in [1.29, 1.82) is 0 Å². The zero-order valence-electron chi connectivity index (χ0n) is 71.2. The Morgan fingerprint density at radius 1 is 0.259 bits per heavy atom. The number of aliphatic hydroxyl groups is 1. The molecule has 3 N–H and O–H groups in total. The molecule has 0 aliphatic heterocycles. The van der Waals surface area contributed by atoms with Crippen LogP contribution >= 0.6 is 15.6 Å². The van der Waals surface area contributed by atoms with Crippen molar-refractivity contribution in [3.63, 3.8) is 0 Å². The number of aliphatic hydroxyl groups excluding tert-OH is 1. The molecule has 642 valence electrons. The lowest BCUT2D eigenvalue weighted by Gasteiger charge is -2.21. The van der Waals surface area contributed by atoms with Crippen LogP contribution in [-0.2, 0) is 65.4 Å². The predicted molar refractivity (Wildman–Crippen MR) is 446 cm³/mol. The first-order chi connectivity index (χ1) is 52.4. The summed E-state index contributed by atoms with van der Waals surface area (Å²) in [5.74, 6) is -0.498. The van der Waals surface area contributed by atoms with E-state index in [0.29, 0.717) is 25.7 Å². The first kappa shape index (κ1) is 106. The first-order valence-electron chi connectivity index (χ1n) is 46.1. The topological polar surface area (TPSA) is 237 Å². The van der Waals surface area contributed by atoms with Gasteiger partial charge in [-0.1, -0.05) is 427 Å². The largest absolute Gasteiger partial charge is 0.472 e. The van der Waals surface area contributed by atoms with Crippen molar-refractivity contribution in [3.8, 4) is 0 Å². The molecule has 0 saturated carbocycles. The Hall–Kier alpha value is -1.94. The molecule has 0 radical (unpaired) electrons. The fourth-order valence-electron chi connectivity index (χ4n) is 13.9. The van der Waals surface area contributed by atoms with Crippen LogP contribution in [0.2, 0.25) is 0 Å². The average Bonchev–Trinajstić information content (AvgIpc) is 0.900. The Labute approximate surface area is 664 Å². The van der Waals surface area contributed by atoms with Crippen molar-refractivity contribution < 1.29 is 80.2 Å². The highest BCUT2D eigenvalue weighted by Gasteiger charge is 2.31. The van der Waals surface area contributed by atoms with Gasteiger partial charge >= 0.3 is 39.5 Å². The van der Waals surface area contributed by atoms with Crippen molar-refractivity contribution >= 4 is 39.5 Å². The molecule has 0 aromatic rings. The fourth-order valence-corrected chi connectivity index (χ4v) is 15.5. The Morgan fingerprint density at radius 3 is 0.657 bits per heavy atom. The van der Waals surface area contributed by atoms with Crippen molar-refractivity contribution in [2.45, 2.75) is 496 Å². The Balaban J connectivity index is 5.22. The van der Waals surface area contributed by atoms with Crippen LogP contribution in [0, 0.1) is 11.8 Å². The highest BCUT2D eigenvalue weighted by molar-refractivity contribution is 7.47. The summed E-state index contributed by atoms with van der Waals surface area (Å²) < 4.78 is 69.0. The van der Waals surface area contributed by atoms with Crippen LogP contribution in [0.3, 0.4) is 0 Å². The highest BCUT2D eigenvalue weighted by Crippen LogP contribution is 2.45. The molecule has 0 amide bonds. The van der Waals surface area contributed by atoms with Gasteiger partial charge in [0.05, 0.1) is 26.4 Å². The van der Waals surface area contributed by atoms with Crippen molar-refractivity contribution in [2.24, 2.45) is 11.8 Å². The molecule has 0 fully saturated rings. The molecule has 4 unspecified atom stereocenters. The van der Waals surface area contributed by atoms with E-state index in [1.165, 1.54) is 289 Å². The molecule has 0 aromatic carbocycles. The molecule has 0 heterocycles. The number of unbranched alkanes of at least 4 members (excludes halogenated alkanes) is 56. The lowest BCUT2D eigenvalue weighted by molar-refractivity contribution is -0.161. The third kappa shape index (κ3) is 79.3. The number of hydrogen-bond acceptors (Lipinski definition) is 15. The number of carbonyl (C=O) groups excluding carboxylic acids is 4. The van der Waals surface area contributed by atoms with E-state index in [4.69, 9.17) is 37.0 Å². The van der Waals surface area contributed by atoms with Gasteiger partial charge in [-0.25, -0.2) is 9.13 Å². The first-order valence-corrected chi connectivity index (χ1v) is 49.1. The van der Waals surface area contributed by atoms with Crippen LogP contribution in [0.5, 0.6) is 0 Å². The second-order valence-corrected chi connectivity index (χ2v) is 35.4. The normalized spacial score (nSPS) is 14.3. The average molecular weight is 1580 g/mol. The van der Waals surface area contributed by atoms with Crippen LogP contribution < -0.4 is 0 Å². The Kier molecular flexibility index (Phi) is 78.8. The molecule has 108 heavy (non-hydrogen) atoms. The lowest BCUT2D eigenvalue weighted by Crippen LogP contribution is -2.30. The highest BCUT2D eigenvalue weighted by atomic mass is 31.2. The van der Waals surface area contributed by atoms with Crippen LogP contribution in [0.4, 0.5) is 0 Å². The van der Waals surface area contributed by atoms with E-state index in [2.05, 4.69) is 41.5 Å². The zero-order chi connectivity index (χ0) is 79.2. The van der Waals surface area contributed by atoms with E-state index in [-0.39, 0.29) is 25.7 Å². The van der Waals surface area contributed by atoms with Crippen LogP contribution in [-0.4, -0.2) is 96.7 Å². The summed E-state index contributed by atoms with van der Waals surface area (Å²) in [6.07, 6.45) is 73.7. The summed E-state index contributed by atoms with van der Waals surface area (Å²) in [5, 5.41) is 10.7. The second-order valence-electron chi connectivity index (χ2n) is 32.5. The van der Waals surface area contributed by atoms with E-state index < -0.39 is 97.5 Å². The van der Waals surface area contributed by atoms with Crippen molar-refractivity contribution in [2.75, 3.05) is 39.6 Å². The summed E-state index contributed by atoms with van der Waals surface area (Å²) in [5.41, 5.74) is 0. The van der Waals surface area contributed by atoms with E-state index in [1.54, 1.807) is 0 Å². The summed E-state index contributed by atoms with van der Waals surface area (Å²) in [6.45, 7) is 9.72. The number of ether oxygens (including phenoxy) is 4. The minimum Gasteiger partial charge on any atom is -0.462 e. The molecule has 7 atom stereocenters. The van der Waals surface area contributed by atoms with Crippen molar-refractivity contribution in [1.82, 2.24) is 0 Å². The summed E-state index contributed by atoms with van der Waals surface area (Å²) in [7, 11) is -9.93. The van der Waals surface area contributed by atoms with Gasteiger partial charge in [0.1, 0.15) is 19.3 Å². The van der Waals surface area contributed by atoms with Crippen molar-refractivity contribution in [3.05, 3.63) is 0 Å². The molecule has 0 rings (SSSR count). The summed E-state index contributed by atoms with van der Waals surface area (Å²) >= 11 is 0. The van der Waals surface area contributed by atoms with Gasteiger partial charge in [-0.2, -0.15) is 0 Å². The molecule has 0 spiro atoms. The zero-order valence-corrected chi connectivity index (χ0v) is 73.0. The lowest BCUT2D eigenvalue weighted by atomic mass is 9.99. The van der Waals surface area contributed by atoms with Gasteiger partial charge in [0, 0.05) is 25.7 Å². The fraction of sp³-hybridized carbons (Fsp3) is 0.955. The van der Waals surface area contributed by atoms with E-state index >= 15 is 0 Å². The minimum absolute atomic E-state index is 0.108. The standard InChI is InChI=1S/C89H174O17P2/c1-7-11-13-15-17-19-21-23-25-27-32-36-40-44-48-52-59-65-71-86(91)99-77-84(105-88(93)73-67-62-54-50-46-42-38-34-30-29-31-35-39-43-47-51-57-63-69-81(5)9-3)79-103-107(95,96)101-75-83(90)76-102-108(97,98)104-80-85(78-100-87(92)72-66-60-56-55-58-64-70-82(6)10-4)106-89(94)74-68-61-53-49-45-41-37-33-28-26-24-22-20-18-16-14-12-8-2/h81-85,90H,7-80H2,1-6H3,(H,95,96)(H,97,98)/t81?,82?,83-,84-,85-/m1/s1. The maximum absolute atomic E-state index is 13.2. The number of phosphoric acid groups is 2. The quantitative estimate of drug-likeness (QED) is 0.0222. The van der Waals surface area contributed by atoms with Gasteiger partial charge in [-0.3, -0.25) is 37.3 Å². The molecular formula is C89H174O17P2. The number of carbonyl (C=O) groups is 4. The smallest absolute Gasteiger partial charge is 0.462 e. The second kappa shape index (κ2) is 80.3. The van der Waals surface area contributed by atoms with Gasteiger partial charge in [0.15, 0.2) is 12.2 Å². The summed E-state index contributed by atoms with van der Waals surface area (Å²) in [6, 6.07) is 0. The molecule has 0 aliphatic carbocycles. The Morgan fingerprint density at radius 2 is 0.444 bits per heavy atom. The van der Waals surface area contributed by atoms with E-state index in [0.717, 1.165) is 108 Å².